The molecule has 0 saturated carbocycles. The second-order valence-electron chi connectivity index (χ2n) is 4.57. The van der Waals surface area contributed by atoms with E-state index in [2.05, 4.69) is 31.0 Å². The van der Waals surface area contributed by atoms with Gasteiger partial charge in [0.15, 0.2) is 0 Å². The van der Waals surface area contributed by atoms with Crippen molar-refractivity contribution in [3.8, 4) is 0 Å². The molecule has 0 amide bonds. The highest BCUT2D eigenvalue weighted by molar-refractivity contribution is 7.99. The zero-order valence-corrected chi connectivity index (χ0v) is 13.2. The predicted molar refractivity (Wildman–Crippen MR) is 82.4 cm³/mol. The summed E-state index contributed by atoms with van der Waals surface area (Å²) >= 11 is 1.81. The van der Waals surface area contributed by atoms with Gasteiger partial charge in [0, 0.05) is 23.2 Å². The fourth-order valence-electron chi connectivity index (χ4n) is 1.97. The SMILES string of the molecule is CCN(CC)CCSc1ccc(F)cc1C(C)NC. The van der Waals surface area contributed by atoms with Gasteiger partial charge in [-0.05, 0) is 50.8 Å². The van der Waals surface area contributed by atoms with E-state index in [9.17, 15) is 4.39 Å². The van der Waals surface area contributed by atoms with Crippen LogP contribution in [0.4, 0.5) is 4.39 Å². The highest BCUT2D eigenvalue weighted by Gasteiger charge is 2.11. The molecule has 0 bridgehead atoms. The lowest BCUT2D eigenvalue weighted by Gasteiger charge is -2.19. The van der Waals surface area contributed by atoms with Crippen LogP contribution in [-0.2, 0) is 0 Å². The van der Waals surface area contributed by atoms with Crippen LogP contribution < -0.4 is 5.32 Å². The molecule has 0 radical (unpaired) electrons. The average Bonchev–Trinajstić information content (AvgIpc) is 2.44. The highest BCUT2D eigenvalue weighted by Crippen LogP contribution is 2.28. The number of rotatable bonds is 8. The summed E-state index contributed by atoms with van der Waals surface area (Å²) in [4.78, 5) is 3.58. The summed E-state index contributed by atoms with van der Waals surface area (Å²) in [5.41, 5.74) is 1.05. The third kappa shape index (κ3) is 5.13. The first kappa shape index (κ1) is 16.5. The Morgan fingerprint density at radius 2 is 2.00 bits per heavy atom. The summed E-state index contributed by atoms with van der Waals surface area (Å²) in [6, 6.07) is 5.25. The van der Waals surface area contributed by atoms with Crippen molar-refractivity contribution in [1.82, 2.24) is 10.2 Å². The standard InChI is InChI=1S/C15H25FN2S/c1-5-18(6-2)9-10-19-15-8-7-13(16)11-14(15)12(3)17-4/h7-8,11-12,17H,5-6,9-10H2,1-4H3. The molecule has 1 unspecified atom stereocenters. The zero-order valence-electron chi connectivity index (χ0n) is 12.4. The molecule has 0 fully saturated rings. The van der Waals surface area contributed by atoms with E-state index in [0.717, 1.165) is 31.0 Å². The van der Waals surface area contributed by atoms with Crippen LogP contribution in [0.15, 0.2) is 23.1 Å². The number of nitrogens with zero attached hydrogens (tertiary/aromatic N) is 1. The smallest absolute Gasteiger partial charge is 0.123 e. The van der Waals surface area contributed by atoms with Crippen molar-refractivity contribution in [2.75, 3.05) is 32.4 Å². The van der Waals surface area contributed by atoms with Gasteiger partial charge in [-0.3, -0.25) is 0 Å². The van der Waals surface area contributed by atoms with E-state index in [0.29, 0.717) is 0 Å². The highest BCUT2D eigenvalue weighted by atomic mass is 32.2. The van der Waals surface area contributed by atoms with Gasteiger partial charge in [-0.15, -0.1) is 11.8 Å². The summed E-state index contributed by atoms with van der Waals surface area (Å²) in [5.74, 6) is 0.877. The molecule has 108 valence electrons. The molecule has 0 spiro atoms. The van der Waals surface area contributed by atoms with E-state index < -0.39 is 0 Å². The molecule has 0 aliphatic carbocycles. The Balaban J connectivity index is 2.67. The van der Waals surface area contributed by atoms with Gasteiger partial charge in [-0.2, -0.15) is 0 Å². The monoisotopic (exact) mass is 284 g/mol. The molecule has 0 heterocycles. The van der Waals surface area contributed by atoms with Crippen molar-refractivity contribution < 1.29 is 4.39 Å². The van der Waals surface area contributed by atoms with Gasteiger partial charge in [0.05, 0.1) is 0 Å². The number of halogens is 1. The second-order valence-corrected chi connectivity index (χ2v) is 5.70. The van der Waals surface area contributed by atoms with Crippen LogP contribution in [0, 0.1) is 5.82 Å². The zero-order chi connectivity index (χ0) is 14.3. The third-order valence-corrected chi connectivity index (χ3v) is 4.50. The first-order chi connectivity index (χ1) is 9.12. The molecule has 0 saturated heterocycles. The van der Waals surface area contributed by atoms with E-state index in [1.807, 2.05) is 24.9 Å². The molecule has 1 N–H and O–H groups in total. The summed E-state index contributed by atoms with van der Waals surface area (Å²) in [6.07, 6.45) is 0. The van der Waals surface area contributed by atoms with Crippen molar-refractivity contribution in [2.24, 2.45) is 0 Å². The van der Waals surface area contributed by atoms with Crippen LogP contribution in [0.3, 0.4) is 0 Å². The number of hydrogen-bond donors (Lipinski definition) is 1. The molecule has 0 aliphatic heterocycles. The number of thioether (sulfide) groups is 1. The van der Waals surface area contributed by atoms with Crippen molar-refractivity contribution in [3.63, 3.8) is 0 Å². The topological polar surface area (TPSA) is 15.3 Å². The Labute approximate surface area is 120 Å². The van der Waals surface area contributed by atoms with Crippen LogP contribution in [0.25, 0.3) is 0 Å². The molecule has 4 heteroatoms. The quantitative estimate of drug-likeness (QED) is 0.735. The number of benzene rings is 1. The lowest BCUT2D eigenvalue weighted by Crippen LogP contribution is -2.25. The molecule has 1 atom stereocenters. The number of nitrogens with one attached hydrogen (secondary N) is 1. The van der Waals surface area contributed by atoms with Crippen molar-refractivity contribution in [1.29, 1.82) is 0 Å². The molecule has 2 nitrogen and oxygen atoms in total. The van der Waals surface area contributed by atoms with E-state index in [1.165, 1.54) is 4.90 Å². The minimum atomic E-state index is -0.162. The Morgan fingerprint density at radius 1 is 1.32 bits per heavy atom. The summed E-state index contributed by atoms with van der Waals surface area (Å²) in [5, 5.41) is 3.18. The maximum atomic E-state index is 13.4. The van der Waals surface area contributed by atoms with Crippen LogP contribution in [0.5, 0.6) is 0 Å². The predicted octanol–water partition coefficient (Wildman–Crippen LogP) is 3.54. The Kier molecular flexibility index (Phi) is 7.42. The van der Waals surface area contributed by atoms with Crippen LogP contribution in [0.2, 0.25) is 0 Å². The van der Waals surface area contributed by atoms with Crippen LogP contribution in [-0.4, -0.2) is 37.3 Å². The Morgan fingerprint density at radius 3 is 2.58 bits per heavy atom. The van der Waals surface area contributed by atoms with E-state index in [4.69, 9.17) is 0 Å². The van der Waals surface area contributed by atoms with E-state index >= 15 is 0 Å². The van der Waals surface area contributed by atoms with Gasteiger partial charge in [0.1, 0.15) is 5.82 Å². The average molecular weight is 284 g/mol. The third-order valence-electron chi connectivity index (χ3n) is 3.43. The van der Waals surface area contributed by atoms with Crippen molar-refractivity contribution >= 4 is 11.8 Å². The van der Waals surface area contributed by atoms with Gasteiger partial charge in [0.25, 0.3) is 0 Å². The first-order valence-electron chi connectivity index (χ1n) is 6.94. The molecule has 0 aromatic heterocycles. The summed E-state index contributed by atoms with van der Waals surface area (Å²) < 4.78 is 13.4. The van der Waals surface area contributed by atoms with Gasteiger partial charge in [-0.25, -0.2) is 4.39 Å². The molecule has 1 rings (SSSR count). The fraction of sp³-hybridized carbons (Fsp3) is 0.600. The summed E-state index contributed by atoms with van der Waals surface area (Å²) in [6.45, 7) is 9.66. The molecular formula is C15H25FN2S. The maximum Gasteiger partial charge on any atom is 0.123 e. The molecule has 1 aromatic rings. The lowest BCUT2D eigenvalue weighted by atomic mass is 10.1. The molecule has 1 aromatic carbocycles. The largest absolute Gasteiger partial charge is 0.313 e. The van der Waals surface area contributed by atoms with Crippen LogP contribution >= 0.6 is 11.8 Å². The van der Waals surface area contributed by atoms with Gasteiger partial charge < -0.3 is 10.2 Å². The Hall–Kier alpha value is -0.580. The van der Waals surface area contributed by atoms with Gasteiger partial charge in [-0.1, -0.05) is 13.8 Å². The van der Waals surface area contributed by atoms with Gasteiger partial charge >= 0.3 is 0 Å². The van der Waals surface area contributed by atoms with E-state index in [-0.39, 0.29) is 11.9 Å². The van der Waals surface area contributed by atoms with Crippen molar-refractivity contribution in [2.45, 2.75) is 31.7 Å². The first-order valence-corrected chi connectivity index (χ1v) is 7.92. The molecule has 19 heavy (non-hydrogen) atoms. The molecular weight excluding hydrogens is 259 g/mol. The van der Waals surface area contributed by atoms with Crippen molar-refractivity contribution in [3.05, 3.63) is 29.6 Å². The normalized spacial score (nSPS) is 12.9. The molecule has 0 aliphatic rings. The fourth-order valence-corrected chi connectivity index (χ4v) is 3.11. The number of hydrogen-bond acceptors (Lipinski definition) is 3. The maximum absolute atomic E-state index is 13.4. The minimum absolute atomic E-state index is 0.162. The Bertz CT molecular complexity index is 380. The summed E-state index contributed by atoms with van der Waals surface area (Å²) in [7, 11) is 1.90. The minimum Gasteiger partial charge on any atom is -0.313 e. The van der Waals surface area contributed by atoms with Crippen LogP contribution in [0.1, 0.15) is 32.4 Å². The second kappa shape index (κ2) is 8.56. The lowest BCUT2D eigenvalue weighted by molar-refractivity contribution is 0.324. The van der Waals surface area contributed by atoms with E-state index in [1.54, 1.807) is 12.1 Å². The van der Waals surface area contributed by atoms with Gasteiger partial charge in [0.2, 0.25) is 0 Å².